The van der Waals surface area contributed by atoms with E-state index in [0.29, 0.717) is 22.1 Å². The molecular formula is C17H18N2O3S. The summed E-state index contributed by atoms with van der Waals surface area (Å²) in [6.45, 7) is 2.01. The van der Waals surface area contributed by atoms with E-state index in [-0.39, 0.29) is 0 Å². The first kappa shape index (κ1) is 15.6. The van der Waals surface area contributed by atoms with Crippen molar-refractivity contribution < 1.29 is 13.7 Å². The van der Waals surface area contributed by atoms with Gasteiger partial charge in [0.1, 0.15) is 5.65 Å². The first-order chi connectivity index (χ1) is 11.1. The molecule has 0 amide bonds. The standard InChI is InChI=1S/C17H18N2O3S/c1-12-5-4-8-19-10-13(18-17(12)19)11-23(20)14-6-7-15(21-2)16(9-14)22-3/h4-10H,11H2,1-3H3/t23-/m1/s1. The topological polar surface area (TPSA) is 52.8 Å². The second-order valence-corrected chi connectivity index (χ2v) is 6.61. The zero-order valence-corrected chi connectivity index (χ0v) is 14.1. The van der Waals surface area contributed by atoms with Crippen LogP contribution < -0.4 is 9.47 Å². The maximum Gasteiger partial charge on any atom is 0.161 e. The molecule has 3 rings (SSSR count). The van der Waals surface area contributed by atoms with Crippen LogP contribution in [0.3, 0.4) is 0 Å². The van der Waals surface area contributed by atoms with E-state index in [1.165, 1.54) is 0 Å². The van der Waals surface area contributed by atoms with E-state index in [4.69, 9.17) is 9.47 Å². The zero-order chi connectivity index (χ0) is 16.4. The van der Waals surface area contributed by atoms with Gasteiger partial charge in [0.05, 0.1) is 36.5 Å². The van der Waals surface area contributed by atoms with Crippen LogP contribution in [0.25, 0.3) is 5.65 Å². The molecule has 3 aromatic rings. The lowest BCUT2D eigenvalue weighted by Gasteiger charge is -2.09. The number of methoxy groups -OCH3 is 2. The van der Waals surface area contributed by atoms with Gasteiger partial charge in [0, 0.05) is 23.4 Å². The number of fused-ring (bicyclic) bond motifs is 1. The summed E-state index contributed by atoms with van der Waals surface area (Å²) in [7, 11) is 1.94. The van der Waals surface area contributed by atoms with Gasteiger partial charge in [0.2, 0.25) is 0 Å². The van der Waals surface area contributed by atoms with Gasteiger partial charge in [0.15, 0.2) is 11.5 Å². The molecule has 0 saturated heterocycles. The smallest absolute Gasteiger partial charge is 0.161 e. The largest absolute Gasteiger partial charge is 0.493 e. The summed E-state index contributed by atoms with van der Waals surface area (Å²) in [6, 6.07) is 9.28. The van der Waals surface area contributed by atoms with Crippen molar-refractivity contribution >= 4 is 16.4 Å². The van der Waals surface area contributed by atoms with Crippen molar-refractivity contribution in [3.63, 3.8) is 0 Å². The third-order valence-electron chi connectivity index (χ3n) is 3.62. The van der Waals surface area contributed by atoms with Crippen LogP contribution in [-0.4, -0.2) is 27.8 Å². The van der Waals surface area contributed by atoms with E-state index in [1.54, 1.807) is 32.4 Å². The van der Waals surface area contributed by atoms with E-state index in [9.17, 15) is 4.21 Å². The number of imidazole rings is 1. The van der Waals surface area contributed by atoms with Crippen molar-refractivity contribution in [2.45, 2.75) is 17.6 Å². The lowest BCUT2D eigenvalue weighted by atomic mass is 10.3. The second kappa shape index (κ2) is 6.42. The van der Waals surface area contributed by atoms with Gasteiger partial charge in [-0.15, -0.1) is 0 Å². The highest BCUT2D eigenvalue weighted by Gasteiger charge is 2.12. The van der Waals surface area contributed by atoms with E-state index >= 15 is 0 Å². The molecule has 2 heterocycles. The number of ether oxygens (including phenoxy) is 2. The van der Waals surface area contributed by atoms with E-state index < -0.39 is 10.8 Å². The van der Waals surface area contributed by atoms with Gasteiger partial charge in [-0.25, -0.2) is 4.98 Å². The molecule has 0 spiro atoms. The third-order valence-corrected chi connectivity index (χ3v) is 4.96. The third kappa shape index (κ3) is 3.07. The Bertz CT molecular complexity index is 873. The molecule has 2 aromatic heterocycles. The quantitative estimate of drug-likeness (QED) is 0.722. The molecule has 0 N–H and O–H groups in total. The lowest BCUT2D eigenvalue weighted by molar-refractivity contribution is 0.354. The average molecular weight is 330 g/mol. The van der Waals surface area contributed by atoms with Crippen LogP contribution in [0.5, 0.6) is 11.5 Å². The lowest BCUT2D eigenvalue weighted by Crippen LogP contribution is -1.98. The minimum absolute atomic E-state index is 0.358. The summed E-state index contributed by atoms with van der Waals surface area (Å²) in [5.74, 6) is 1.55. The van der Waals surface area contributed by atoms with Crippen LogP contribution in [0, 0.1) is 6.92 Å². The number of pyridine rings is 1. The number of benzene rings is 1. The molecule has 0 fully saturated rings. The summed E-state index contributed by atoms with van der Waals surface area (Å²) < 4.78 is 25.0. The molecule has 0 aliphatic carbocycles. The highest BCUT2D eigenvalue weighted by atomic mass is 32.2. The van der Waals surface area contributed by atoms with Crippen LogP contribution in [0.15, 0.2) is 47.6 Å². The zero-order valence-electron chi connectivity index (χ0n) is 13.3. The Morgan fingerprint density at radius 1 is 1.17 bits per heavy atom. The molecular weight excluding hydrogens is 312 g/mol. The van der Waals surface area contributed by atoms with Crippen LogP contribution in [0.1, 0.15) is 11.3 Å². The van der Waals surface area contributed by atoms with Gasteiger partial charge >= 0.3 is 0 Å². The number of nitrogens with zero attached hydrogens (tertiary/aromatic N) is 2. The minimum atomic E-state index is -1.20. The average Bonchev–Trinajstić information content (AvgIpc) is 2.98. The Morgan fingerprint density at radius 2 is 1.96 bits per heavy atom. The Morgan fingerprint density at radius 3 is 2.65 bits per heavy atom. The number of aryl methyl sites for hydroxylation is 1. The molecule has 0 aliphatic rings. The molecule has 23 heavy (non-hydrogen) atoms. The summed E-state index contributed by atoms with van der Waals surface area (Å²) in [5.41, 5.74) is 2.79. The fourth-order valence-corrected chi connectivity index (χ4v) is 3.48. The van der Waals surface area contributed by atoms with Crippen LogP contribution >= 0.6 is 0 Å². The van der Waals surface area contributed by atoms with Crippen molar-refractivity contribution in [3.8, 4) is 11.5 Å². The minimum Gasteiger partial charge on any atom is -0.493 e. The highest BCUT2D eigenvalue weighted by molar-refractivity contribution is 7.84. The van der Waals surface area contributed by atoms with Gasteiger partial charge < -0.3 is 13.9 Å². The van der Waals surface area contributed by atoms with Crippen molar-refractivity contribution in [1.29, 1.82) is 0 Å². The van der Waals surface area contributed by atoms with Gasteiger partial charge in [-0.2, -0.15) is 0 Å². The normalized spacial score (nSPS) is 12.3. The predicted molar refractivity (Wildman–Crippen MR) is 89.6 cm³/mol. The molecule has 1 aromatic carbocycles. The summed E-state index contributed by atoms with van der Waals surface area (Å²) in [6.07, 6.45) is 3.86. The molecule has 0 saturated carbocycles. The van der Waals surface area contributed by atoms with Gasteiger partial charge in [0.25, 0.3) is 0 Å². The van der Waals surface area contributed by atoms with E-state index in [0.717, 1.165) is 16.9 Å². The summed E-state index contributed by atoms with van der Waals surface area (Å²) >= 11 is 0. The molecule has 0 unspecified atom stereocenters. The Hall–Kier alpha value is -2.34. The molecule has 1 atom stereocenters. The first-order valence-corrected chi connectivity index (χ1v) is 8.48. The van der Waals surface area contributed by atoms with Crippen LogP contribution in [0.4, 0.5) is 0 Å². The van der Waals surface area contributed by atoms with E-state index in [2.05, 4.69) is 4.98 Å². The highest BCUT2D eigenvalue weighted by Crippen LogP contribution is 2.29. The predicted octanol–water partition coefficient (Wildman–Crippen LogP) is 2.97. The van der Waals surface area contributed by atoms with Gasteiger partial charge in [-0.1, -0.05) is 6.07 Å². The summed E-state index contributed by atoms with van der Waals surface area (Å²) in [4.78, 5) is 5.26. The summed E-state index contributed by atoms with van der Waals surface area (Å²) in [5, 5.41) is 0. The molecule has 5 nitrogen and oxygen atoms in total. The number of hydrogen-bond acceptors (Lipinski definition) is 4. The monoisotopic (exact) mass is 330 g/mol. The number of rotatable bonds is 5. The Kier molecular flexibility index (Phi) is 4.34. The number of hydrogen-bond donors (Lipinski definition) is 0. The first-order valence-electron chi connectivity index (χ1n) is 7.16. The van der Waals surface area contributed by atoms with Crippen molar-refractivity contribution in [2.75, 3.05) is 14.2 Å². The molecule has 120 valence electrons. The van der Waals surface area contributed by atoms with Crippen LogP contribution in [-0.2, 0) is 16.6 Å². The van der Waals surface area contributed by atoms with E-state index in [1.807, 2.05) is 35.9 Å². The van der Waals surface area contributed by atoms with Crippen LogP contribution in [0.2, 0.25) is 0 Å². The second-order valence-electron chi connectivity index (χ2n) is 5.16. The van der Waals surface area contributed by atoms with Gasteiger partial charge in [-0.3, -0.25) is 4.21 Å². The molecule has 0 bridgehead atoms. The molecule has 0 radical (unpaired) electrons. The Balaban J connectivity index is 1.87. The fourth-order valence-electron chi connectivity index (χ4n) is 2.45. The fraction of sp³-hybridized carbons (Fsp3) is 0.235. The number of aromatic nitrogens is 2. The van der Waals surface area contributed by atoms with Gasteiger partial charge in [-0.05, 0) is 30.7 Å². The maximum absolute atomic E-state index is 12.6. The molecule has 6 heteroatoms. The molecule has 0 aliphatic heterocycles. The van der Waals surface area contributed by atoms with Crippen molar-refractivity contribution in [3.05, 3.63) is 54.0 Å². The van der Waals surface area contributed by atoms with Crippen molar-refractivity contribution in [2.24, 2.45) is 0 Å². The SMILES string of the molecule is COc1ccc([S@](=O)Cc2cn3cccc(C)c3n2)cc1OC. The van der Waals surface area contributed by atoms with Crippen molar-refractivity contribution in [1.82, 2.24) is 9.38 Å². The Labute approximate surface area is 137 Å². The maximum atomic E-state index is 12.6.